The maximum absolute atomic E-state index is 10.6. The number of imidazole rings is 1. The van der Waals surface area contributed by atoms with E-state index in [4.69, 9.17) is 29.5 Å². The summed E-state index contributed by atoms with van der Waals surface area (Å²) in [6, 6.07) is 44.8. The second kappa shape index (κ2) is 36.8. The number of rotatable bonds is 7. The van der Waals surface area contributed by atoms with E-state index in [1.165, 1.54) is 121 Å². The maximum Gasteiger partial charge on any atom is 2.00 e. The van der Waals surface area contributed by atoms with Crippen molar-refractivity contribution in [2.75, 3.05) is 0 Å². The zero-order valence-corrected chi connectivity index (χ0v) is 49.5. The monoisotopic (exact) mass is 1260 g/mol. The van der Waals surface area contributed by atoms with Crippen molar-refractivity contribution < 1.29 is 103 Å². The van der Waals surface area contributed by atoms with Crippen molar-refractivity contribution in [1.29, 1.82) is 0 Å². The van der Waals surface area contributed by atoms with E-state index in [-0.39, 0.29) is 111 Å². The number of carbonyl (C=O) groups is 1. The molecule has 0 fully saturated rings. The molecule has 0 atom stereocenters. The number of carboxylic acid groups (broad SMARTS) is 1. The second-order valence-corrected chi connectivity index (χ2v) is 21.9. The van der Waals surface area contributed by atoms with Gasteiger partial charge in [0.05, 0.1) is 35.7 Å². The van der Waals surface area contributed by atoms with Crippen LogP contribution in [0.25, 0.3) is 0 Å². The Kier molecular flexibility index (Phi) is 35.2. The SMILES string of the molecule is O=C(O)c1cc(S(=O)(=O)O)ccc1O.O=S(=O)(O)c1ccccc1.O=S(=O)([O-])c1ccccc1.O=S(=O)([O-])c1ccccc1.O=S(=O)([O-])c1ccccc1.O=S(=O)([O-])c1ccccc1.Oc1ccccc1O.[Ca+2].[Ca+2].c1c[nH]cn1. The average molecular weight is 1260 g/mol. The van der Waals surface area contributed by atoms with Gasteiger partial charge in [0.15, 0.2) is 11.5 Å². The normalized spacial score (nSPS) is 10.6. The summed E-state index contributed by atoms with van der Waals surface area (Å²) >= 11 is 0. The standard InChI is InChI=1S/C7H6O6S.5C6H6O3S.C6H6O2.C3H4N2.2Ca/c8-6-2-1-4(14(11,12)13)3-5(6)7(9)10;5*7-10(8,9)6-4-2-1-3-5-6;7-5-3-1-2-4-6(5)8;1-2-5-3-4-1;;/h1-3,8H,(H,9,10)(H,11,12,13);5*1-5H,(H,7,8,9);1-4,7-8H;1-3H,(H,4,5);;/q;;;;;;;;2*+2/p-4. The van der Waals surface area contributed by atoms with Crippen molar-refractivity contribution in [1.82, 2.24) is 9.97 Å². The molecule has 7 aromatic carbocycles. The van der Waals surface area contributed by atoms with Crippen LogP contribution in [0.5, 0.6) is 17.2 Å². The topological polar surface area (TPSA) is 464 Å². The van der Waals surface area contributed by atoms with Gasteiger partial charge in [-0.05, 0) is 91.0 Å². The number of carboxylic acids is 1. The first kappa shape index (κ1) is 75.7. The van der Waals surface area contributed by atoms with E-state index in [0.717, 1.165) is 12.1 Å². The van der Waals surface area contributed by atoms with E-state index in [1.807, 2.05) is 0 Å². The van der Waals surface area contributed by atoms with Crippen LogP contribution in [0.3, 0.4) is 0 Å². The smallest absolute Gasteiger partial charge is 0.744 e. The number of hydrogen-bond donors (Lipinski definition) is 7. The molecule has 33 heteroatoms. The number of aromatic amines is 1. The van der Waals surface area contributed by atoms with Gasteiger partial charge in [0, 0.05) is 12.4 Å². The van der Waals surface area contributed by atoms with Crippen LogP contribution in [0.15, 0.2) is 242 Å². The number of phenolic OH excluding ortho intramolecular Hbond substituents is 2. The Morgan fingerprint density at radius 3 is 0.810 bits per heavy atom. The van der Waals surface area contributed by atoms with Crippen LogP contribution in [-0.4, -0.2) is 190 Å². The van der Waals surface area contributed by atoms with Gasteiger partial charge in [-0.2, -0.15) is 16.8 Å². The van der Waals surface area contributed by atoms with Crippen LogP contribution in [0.4, 0.5) is 0 Å². The molecule has 0 aliphatic rings. The van der Waals surface area contributed by atoms with Gasteiger partial charge in [-0.15, -0.1) is 0 Å². The molecule has 0 saturated heterocycles. The van der Waals surface area contributed by atoms with Crippen LogP contribution in [-0.2, 0) is 60.7 Å². The van der Waals surface area contributed by atoms with Gasteiger partial charge in [-0.1, -0.05) is 103 Å². The number of hydrogen-bond acceptors (Lipinski definition) is 21. The first-order chi connectivity index (χ1) is 35.7. The maximum atomic E-state index is 10.6. The molecule has 0 bridgehead atoms. The number of nitrogens with one attached hydrogen (secondary N) is 1. The van der Waals surface area contributed by atoms with Crippen molar-refractivity contribution in [3.8, 4) is 17.2 Å². The summed E-state index contributed by atoms with van der Waals surface area (Å²) in [4.78, 5) is 15.5. The third-order valence-electron chi connectivity index (χ3n) is 7.95. The molecule has 0 aliphatic carbocycles. The average Bonchev–Trinajstić information content (AvgIpc) is 3.97. The van der Waals surface area contributed by atoms with E-state index >= 15 is 0 Å². The van der Waals surface area contributed by atoms with Crippen molar-refractivity contribution in [2.24, 2.45) is 0 Å². The van der Waals surface area contributed by atoms with Crippen molar-refractivity contribution >= 4 is 142 Å². The summed E-state index contributed by atoms with van der Waals surface area (Å²) in [5.41, 5.74) is -0.583. The van der Waals surface area contributed by atoms with E-state index < -0.39 is 82.9 Å². The fourth-order valence-corrected chi connectivity index (χ4v) is 7.44. The van der Waals surface area contributed by atoms with Gasteiger partial charge < -0.3 is 43.6 Å². The number of aromatic carboxylic acids is 1. The zero-order chi connectivity index (χ0) is 58.5. The Hall–Kier alpha value is -5.40. The fraction of sp³-hybridized carbons (Fsp3) is 0. The van der Waals surface area contributed by atoms with Crippen molar-refractivity contribution in [3.05, 3.63) is 218 Å². The Balaban J connectivity index is 0. The molecule has 1 aromatic heterocycles. The summed E-state index contributed by atoms with van der Waals surface area (Å²) in [6.45, 7) is 0. The number of phenols is 3. The van der Waals surface area contributed by atoms with Crippen LogP contribution >= 0.6 is 0 Å². The van der Waals surface area contributed by atoms with Gasteiger partial charge in [0.1, 0.15) is 51.8 Å². The minimum atomic E-state index is -4.45. The van der Waals surface area contributed by atoms with E-state index in [2.05, 4.69) is 9.97 Å². The molecule has 0 aliphatic heterocycles. The first-order valence-corrected chi connectivity index (χ1v) is 28.7. The summed E-state index contributed by atoms with van der Waals surface area (Å²) in [7, 11) is -25.5. The molecule has 7 N–H and O–H groups in total. The molecule has 79 heavy (non-hydrogen) atoms. The molecule has 414 valence electrons. The fourth-order valence-electron chi connectivity index (χ4n) is 4.47. The third-order valence-corrected chi connectivity index (χ3v) is 13.1. The minimum Gasteiger partial charge on any atom is -0.744 e. The van der Waals surface area contributed by atoms with Gasteiger partial charge in [-0.3, -0.25) is 9.11 Å². The van der Waals surface area contributed by atoms with Crippen molar-refractivity contribution in [3.63, 3.8) is 0 Å². The molecule has 25 nitrogen and oxygen atoms in total. The van der Waals surface area contributed by atoms with Crippen molar-refractivity contribution in [2.45, 2.75) is 29.4 Å². The number of benzene rings is 7. The zero-order valence-electron chi connectivity index (χ0n) is 40.1. The number of aromatic hydroxyl groups is 3. The molecular formula is C46H42Ca2N2O23S6. The van der Waals surface area contributed by atoms with Crippen LogP contribution in [0.2, 0.25) is 0 Å². The Morgan fingerprint density at radius 2 is 0.646 bits per heavy atom. The van der Waals surface area contributed by atoms with E-state index in [0.29, 0.717) is 6.07 Å². The van der Waals surface area contributed by atoms with Gasteiger partial charge in [0.2, 0.25) is 0 Å². The quantitative estimate of drug-likeness (QED) is 0.0661. The van der Waals surface area contributed by atoms with Crippen LogP contribution in [0, 0.1) is 0 Å². The molecular weight excluding hydrogens is 1220 g/mol. The Morgan fingerprint density at radius 1 is 0.380 bits per heavy atom. The predicted octanol–water partition coefficient (Wildman–Crippen LogP) is 4.38. The van der Waals surface area contributed by atoms with Crippen LogP contribution < -0.4 is 0 Å². The molecule has 0 unspecified atom stereocenters. The molecule has 8 rings (SSSR count). The summed E-state index contributed by atoms with van der Waals surface area (Å²) in [6.07, 6.45) is 5.08. The molecule has 8 aromatic rings. The summed E-state index contributed by atoms with van der Waals surface area (Å²) in [5.74, 6) is -2.20. The first-order valence-electron chi connectivity index (χ1n) is 20.2. The molecule has 0 radical (unpaired) electrons. The number of H-pyrrole nitrogens is 1. The predicted molar refractivity (Wildman–Crippen MR) is 279 cm³/mol. The second-order valence-electron chi connectivity index (χ2n) is 13.6. The Bertz CT molecular complexity index is 3300. The van der Waals surface area contributed by atoms with Gasteiger partial charge in [0.25, 0.3) is 20.2 Å². The third kappa shape index (κ3) is 33.7. The largest absolute Gasteiger partial charge is 2.00 e. The summed E-state index contributed by atoms with van der Waals surface area (Å²) in [5, 5.41) is 34.9. The van der Waals surface area contributed by atoms with E-state index in [9.17, 15) is 73.5 Å². The molecule has 0 amide bonds. The van der Waals surface area contributed by atoms with E-state index in [1.54, 1.807) is 73.3 Å². The van der Waals surface area contributed by atoms with Gasteiger partial charge >= 0.3 is 81.4 Å². The Labute approximate surface area is 514 Å². The van der Waals surface area contributed by atoms with Crippen LogP contribution in [0.1, 0.15) is 10.4 Å². The molecule has 0 spiro atoms. The number of nitrogens with zero attached hydrogens (tertiary/aromatic N) is 1. The summed E-state index contributed by atoms with van der Waals surface area (Å²) < 4.78 is 182. The molecule has 1 heterocycles. The van der Waals surface area contributed by atoms with Gasteiger partial charge in [-0.25, -0.2) is 43.4 Å². The molecule has 0 saturated carbocycles. The number of aromatic nitrogens is 2. The minimum absolute atomic E-state index is 0. The number of para-hydroxylation sites is 2.